The number of anilines is 1. The highest BCUT2D eigenvalue weighted by Gasteiger charge is 2.29. The number of fused-ring (bicyclic) bond motifs is 3. The van der Waals surface area contributed by atoms with Crippen molar-refractivity contribution in [2.75, 3.05) is 38.9 Å². The lowest BCUT2D eigenvalue weighted by molar-refractivity contribution is -0.121. The quantitative estimate of drug-likeness (QED) is 0.220. The molecule has 0 aliphatic heterocycles. The number of thioether (sulfide) groups is 1. The number of rotatable bonds is 11. The van der Waals surface area contributed by atoms with Gasteiger partial charge in [0.1, 0.15) is 6.04 Å². The molecule has 0 radical (unpaired) electrons. The predicted molar refractivity (Wildman–Crippen MR) is 166 cm³/mol. The van der Waals surface area contributed by atoms with Crippen LogP contribution in [0.1, 0.15) is 37.4 Å². The highest BCUT2D eigenvalue weighted by Crippen LogP contribution is 2.50. The van der Waals surface area contributed by atoms with E-state index in [4.69, 9.17) is 14.2 Å². The monoisotopic (exact) mass is 591 g/mol. The lowest BCUT2D eigenvalue weighted by Crippen LogP contribution is -2.39. The molecule has 3 N–H and O–H groups in total. The molecule has 10 heteroatoms. The van der Waals surface area contributed by atoms with Gasteiger partial charge in [-0.2, -0.15) is 0 Å². The first kappa shape index (κ1) is 30.8. The minimum absolute atomic E-state index is 0.202. The number of nitrogens with one attached hydrogen (secondary N) is 3. The van der Waals surface area contributed by atoms with Crippen molar-refractivity contribution in [1.82, 2.24) is 10.6 Å². The summed E-state index contributed by atoms with van der Waals surface area (Å²) < 4.78 is 17.0. The fraction of sp³-hybridized carbons (Fsp3) is 0.344. The number of hydrogen-bond acceptors (Lipinski definition) is 8. The summed E-state index contributed by atoms with van der Waals surface area (Å²) in [5.74, 6) is 1.75. The van der Waals surface area contributed by atoms with Crippen LogP contribution in [0.3, 0.4) is 0 Å². The van der Waals surface area contributed by atoms with Crippen molar-refractivity contribution in [1.29, 1.82) is 0 Å². The maximum absolute atomic E-state index is 13.5. The van der Waals surface area contributed by atoms with E-state index in [0.717, 1.165) is 27.3 Å². The van der Waals surface area contributed by atoms with Crippen molar-refractivity contribution >= 4 is 29.3 Å². The van der Waals surface area contributed by atoms with Gasteiger partial charge in [0.15, 0.2) is 11.5 Å². The average Bonchev–Trinajstić information content (AvgIpc) is 3.23. The van der Waals surface area contributed by atoms with Crippen LogP contribution in [-0.2, 0) is 16.0 Å². The van der Waals surface area contributed by atoms with Crippen LogP contribution < -0.4 is 35.6 Å². The van der Waals surface area contributed by atoms with Crippen molar-refractivity contribution in [2.45, 2.75) is 43.7 Å². The summed E-state index contributed by atoms with van der Waals surface area (Å²) >= 11 is 1.66. The summed E-state index contributed by atoms with van der Waals surface area (Å²) in [6, 6.07) is 15.9. The van der Waals surface area contributed by atoms with Crippen LogP contribution in [0, 0.1) is 0 Å². The molecule has 4 rings (SSSR count). The summed E-state index contributed by atoms with van der Waals surface area (Å²) in [7, 11) is 4.66. The van der Waals surface area contributed by atoms with Gasteiger partial charge in [-0.25, -0.2) is 0 Å². The highest BCUT2D eigenvalue weighted by molar-refractivity contribution is 7.99. The molecule has 1 aliphatic rings. The van der Waals surface area contributed by atoms with E-state index < -0.39 is 12.1 Å². The number of carbonyl (C=O) groups is 2. The van der Waals surface area contributed by atoms with E-state index in [1.54, 1.807) is 46.1 Å². The zero-order valence-electron chi connectivity index (χ0n) is 24.5. The molecular formula is C32H37N3O6S. The Bertz CT molecular complexity index is 1500. The number of aryl methyl sites for hydroxylation is 1. The normalized spacial score (nSPS) is 14.4. The summed E-state index contributed by atoms with van der Waals surface area (Å²) in [5.41, 5.74) is 3.05. The zero-order chi connectivity index (χ0) is 30.2. The molecule has 3 aromatic carbocycles. The molecule has 0 bridgehead atoms. The van der Waals surface area contributed by atoms with E-state index in [-0.39, 0.29) is 22.9 Å². The Labute approximate surface area is 250 Å². The molecule has 0 spiro atoms. The van der Waals surface area contributed by atoms with Crippen LogP contribution in [0.5, 0.6) is 17.2 Å². The van der Waals surface area contributed by atoms with Crippen molar-refractivity contribution in [3.63, 3.8) is 0 Å². The molecule has 2 amide bonds. The fourth-order valence-electron chi connectivity index (χ4n) is 5.14. The highest BCUT2D eigenvalue weighted by atomic mass is 32.2. The minimum Gasteiger partial charge on any atom is -0.493 e. The fourth-order valence-corrected chi connectivity index (χ4v) is 5.93. The van der Waals surface area contributed by atoms with Gasteiger partial charge < -0.3 is 30.2 Å². The van der Waals surface area contributed by atoms with Crippen molar-refractivity contribution < 1.29 is 23.8 Å². The van der Waals surface area contributed by atoms with Crippen LogP contribution in [0.4, 0.5) is 5.69 Å². The number of amides is 2. The third kappa shape index (κ3) is 6.99. The third-order valence-corrected chi connectivity index (χ3v) is 8.11. The molecule has 0 saturated carbocycles. The number of methoxy groups -OCH3 is 3. The topological polar surface area (TPSA) is 115 Å². The summed E-state index contributed by atoms with van der Waals surface area (Å²) in [5, 5.41) is 9.01. The van der Waals surface area contributed by atoms with Crippen LogP contribution in [0.15, 0.2) is 64.3 Å². The van der Waals surface area contributed by atoms with Crippen LogP contribution in [0.25, 0.3) is 11.1 Å². The van der Waals surface area contributed by atoms with E-state index in [1.807, 2.05) is 42.5 Å². The molecule has 0 fully saturated rings. The first-order chi connectivity index (χ1) is 20.3. The van der Waals surface area contributed by atoms with Crippen molar-refractivity contribution in [3.05, 3.63) is 75.9 Å². The molecule has 3 aromatic rings. The van der Waals surface area contributed by atoms with Gasteiger partial charge in [-0.3, -0.25) is 14.4 Å². The maximum atomic E-state index is 13.5. The molecular weight excluding hydrogens is 554 g/mol. The van der Waals surface area contributed by atoms with Gasteiger partial charge in [0.2, 0.25) is 23.0 Å². The van der Waals surface area contributed by atoms with E-state index in [1.165, 1.54) is 13.0 Å². The summed E-state index contributed by atoms with van der Waals surface area (Å²) in [6.07, 6.45) is 1.17. The number of hydrogen-bond donors (Lipinski definition) is 3. The smallest absolute Gasteiger partial charge is 0.242 e. The molecule has 0 heterocycles. The number of benzene rings is 2. The Morgan fingerprint density at radius 1 is 1.00 bits per heavy atom. The van der Waals surface area contributed by atoms with Gasteiger partial charge in [-0.05, 0) is 66.8 Å². The largest absolute Gasteiger partial charge is 0.493 e. The second kappa shape index (κ2) is 14.1. The molecule has 42 heavy (non-hydrogen) atoms. The van der Waals surface area contributed by atoms with Gasteiger partial charge in [0.05, 0.1) is 33.1 Å². The molecule has 9 nitrogen and oxygen atoms in total. The van der Waals surface area contributed by atoms with Gasteiger partial charge in [0, 0.05) is 29.7 Å². The first-order valence-electron chi connectivity index (χ1n) is 13.8. The van der Waals surface area contributed by atoms with E-state index in [9.17, 15) is 14.4 Å². The van der Waals surface area contributed by atoms with E-state index in [2.05, 4.69) is 16.0 Å². The third-order valence-electron chi connectivity index (χ3n) is 7.09. The number of ether oxygens (including phenoxy) is 3. The standard InChI is InChI=1S/C32H37N3O6S/c1-19(32(38)33-15-16-42-22-9-7-6-8-10-22)34-26-14-12-23-24(18-27(26)37)25(35-20(2)36)13-11-21-17-28(39-3)30(40-4)31(41-5)29(21)23/h6-10,12,14,17-19,25H,11,13,15-16H2,1-5H3,(H,33,38)(H,34,37)(H,35,36). The molecule has 2 atom stereocenters. The Hall–Kier alpha value is -4.18. The van der Waals surface area contributed by atoms with Crippen molar-refractivity contribution in [3.8, 4) is 28.4 Å². The van der Waals surface area contributed by atoms with Gasteiger partial charge >= 0.3 is 0 Å². The van der Waals surface area contributed by atoms with Crippen LogP contribution in [-0.4, -0.2) is 51.5 Å². The van der Waals surface area contributed by atoms with E-state index >= 15 is 0 Å². The summed E-state index contributed by atoms with van der Waals surface area (Å²) in [4.78, 5) is 39.6. The maximum Gasteiger partial charge on any atom is 0.242 e. The van der Waals surface area contributed by atoms with E-state index in [0.29, 0.717) is 42.2 Å². The SMILES string of the molecule is COc1cc2c(c(OC)c1OC)-c1ccc(NC(C)C(=O)NCCSc3ccccc3)c(=O)cc1C(NC(C)=O)CC2. The number of carbonyl (C=O) groups excluding carboxylic acids is 2. The zero-order valence-corrected chi connectivity index (χ0v) is 25.4. The Morgan fingerprint density at radius 3 is 2.40 bits per heavy atom. The lowest BCUT2D eigenvalue weighted by Gasteiger charge is -2.19. The second-order valence-electron chi connectivity index (χ2n) is 9.91. The lowest BCUT2D eigenvalue weighted by atomic mass is 9.95. The van der Waals surface area contributed by atoms with Gasteiger partial charge in [-0.15, -0.1) is 11.8 Å². The Kier molecular flexibility index (Phi) is 10.4. The summed E-state index contributed by atoms with van der Waals surface area (Å²) in [6.45, 7) is 3.66. The van der Waals surface area contributed by atoms with Crippen LogP contribution in [0.2, 0.25) is 0 Å². The first-order valence-corrected chi connectivity index (χ1v) is 14.8. The molecule has 0 saturated heterocycles. The van der Waals surface area contributed by atoms with Gasteiger partial charge in [-0.1, -0.05) is 24.3 Å². The van der Waals surface area contributed by atoms with Gasteiger partial charge in [0.25, 0.3) is 0 Å². The minimum atomic E-state index is -0.654. The Morgan fingerprint density at radius 2 is 1.74 bits per heavy atom. The second-order valence-corrected chi connectivity index (χ2v) is 11.1. The molecule has 2 unspecified atom stereocenters. The molecule has 222 valence electrons. The predicted octanol–water partition coefficient (Wildman–Crippen LogP) is 4.57. The average molecular weight is 592 g/mol. The molecule has 1 aliphatic carbocycles. The van der Waals surface area contributed by atoms with Crippen LogP contribution >= 0.6 is 11.8 Å². The Balaban J connectivity index is 1.65. The van der Waals surface area contributed by atoms with Crippen molar-refractivity contribution in [2.24, 2.45) is 0 Å². The molecule has 0 aromatic heterocycles.